The molecule has 3 heterocycles. The Morgan fingerprint density at radius 3 is 2.41 bits per heavy atom. The normalized spacial score (nSPS) is 23.5. The molecular weight excluding hydrogens is 362 g/mol. The highest BCUT2D eigenvalue weighted by Crippen LogP contribution is 2.41. The number of piperazine rings is 1. The predicted molar refractivity (Wildman–Crippen MR) is 114 cm³/mol. The minimum atomic E-state index is 0.373. The highest BCUT2D eigenvalue weighted by Gasteiger charge is 2.32. The van der Waals surface area contributed by atoms with Crippen LogP contribution in [0.5, 0.6) is 0 Å². The van der Waals surface area contributed by atoms with Crippen molar-refractivity contribution in [1.29, 1.82) is 0 Å². The zero-order valence-electron chi connectivity index (χ0n) is 17.9. The Hall–Kier alpha value is -1.69. The van der Waals surface area contributed by atoms with Crippen molar-refractivity contribution in [3.05, 3.63) is 17.1 Å². The number of fused-ring (bicyclic) bond motifs is 1. The summed E-state index contributed by atoms with van der Waals surface area (Å²) in [5, 5.41) is 0. The number of anilines is 1. The third-order valence-electron chi connectivity index (χ3n) is 7.42. The zero-order chi connectivity index (χ0) is 19.8. The van der Waals surface area contributed by atoms with E-state index < -0.39 is 0 Å². The van der Waals surface area contributed by atoms with Crippen LogP contribution in [-0.4, -0.2) is 71.5 Å². The highest BCUT2D eigenvalue weighted by atomic mass is 16.2. The second kappa shape index (κ2) is 8.21. The van der Waals surface area contributed by atoms with Crippen molar-refractivity contribution in [2.24, 2.45) is 5.92 Å². The highest BCUT2D eigenvalue weighted by molar-refractivity contribution is 5.76. The molecular formula is C23H35N5O. The molecule has 0 radical (unpaired) electrons. The molecule has 2 saturated heterocycles. The third kappa shape index (κ3) is 4.14. The summed E-state index contributed by atoms with van der Waals surface area (Å²) in [6, 6.07) is 0. The van der Waals surface area contributed by atoms with Crippen LogP contribution in [0, 0.1) is 5.92 Å². The Bertz CT molecular complexity index is 746. The van der Waals surface area contributed by atoms with Crippen molar-refractivity contribution < 1.29 is 4.79 Å². The van der Waals surface area contributed by atoms with Gasteiger partial charge < -0.3 is 14.7 Å². The van der Waals surface area contributed by atoms with Gasteiger partial charge in [0.15, 0.2) is 0 Å². The van der Waals surface area contributed by atoms with E-state index in [1.807, 2.05) is 0 Å². The topological polar surface area (TPSA) is 52.6 Å². The van der Waals surface area contributed by atoms with E-state index in [0.29, 0.717) is 17.7 Å². The molecule has 5 rings (SSSR count). The van der Waals surface area contributed by atoms with Gasteiger partial charge >= 0.3 is 0 Å². The summed E-state index contributed by atoms with van der Waals surface area (Å²) in [5.41, 5.74) is 2.73. The lowest BCUT2D eigenvalue weighted by molar-refractivity contribution is -0.134. The Morgan fingerprint density at radius 2 is 1.72 bits per heavy atom. The van der Waals surface area contributed by atoms with Crippen molar-refractivity contribution in [1.82, 2.24) is 19.8 Å². The van der Waals surface area contributed by atoms with Crippen molar-refractivity contribution in [2.45, 2.75) is 64.2 Å². The number of carbonyl (C=O) groups is 1. The van der Waals surface area contributed by atoms with Gasteiger partial charge in [0, 0.05) is 62.9 Å². The number of hydrogen-bond donors (Lipinski definition) is 0. The molecule has 4 aliphatic rings. The lowest BCUT2D eigenvalue weighted by Crippen LogP contribution is -2.49. The Labute approximate surface area is 174 Å². The van der Waals surface area contributed by atoms with Gasteiger partial charge in [-0.2, -0.15) is 0 Å². The molecule has 1 saturated carbocycles. The minimum absolute atomic E-state index is 0.373. The number of amides is 1. The molecule has 158 valence electrons. The molecule has 0 unspecified atom stereocenters. The SMILES string of the molecule is CCN1CCN(C(=O)CC2CCN(c3nc(C4CC4)nc4c3CCC4)CC2)CC1. The maximum atomic E-state index is 12.8. The van der Waals surface area contributed by atoms with E-state index in [1.54, 1.807) is 0 Å². The van der Waals surface area contributed by atoms with E-state index in [-0.39, 0.29) is 0 Å². The first kappa shape index (κ1) is 19.3. The first-order valence-corrected chi connectivity index (χ1v) is 11.9. The summed E-state index contributed by atoms with van der Waals surface area (Å²) < 4.78 is 0. The van der Waals surface area contributed by atoms with Crippen LogP contribution >= 0.6 is 0 Å². The Morgan fingerprint density at radius 1 is 0.966 bits per heavy atom. The van der Waals surface area contributed by atoms with E-state index in [1.165, 1.54) is 36.3 Å². The summed E-state index contributed by atoms with van der Waals surface area (Å²) in [4.78, 5) is 29.7. The van der Waals surface area contributed by atoms with Crippen LogP contribution in [0.4, 0.5) is 5.82 Å². The number of hydrogen-bond acceptors (Lipinski definition) is 5. The summed E-state index contributed by atoms with van der Waals surface area (Å²) in [7, 11) is 0. The Balaban J connectivity index is 1.18. The molecule has 2 aliphatic heterocycles. The van der Waals surface area contributed by atoms with Gasteiger partial charge in [0.2, 0.25) is 5.91 Å². The largest absolute Gasteiger partial charge is 0.356 e. The average Bonchev–Trinajstić information content (AvgIpc) is 3.51. The van der Waals surface area contributed by atoms with E-state index in [2.05, 4.69) is 21.6 Å². The van der Waals surface area contributed by atoms with Gasteiger partial charge in [-0.1, -0.05) is 6.92 Å². The number of aryl methyl sites for hydroxylation is 1. The molecule has 2 aliphatic carbocycles. The van der Waals surface area contributed by atoms with Crippen molar-refractivity contribution >= 4 is 11.7 Å². The number of aromatic nitrogens is 2. The van der Waals surface area contributed by atoms with Gasteiger partial charge in [-0.05, 0) is 57.4 Å². The lowest BCUT2D eigenvalue weighted by Gasteiger charge is -2.37. The molecule has 6 nitrogen and oxygen atoms in total. The van der Waals surface area contributed by atoms with Crippen molar-refractivity contribution in [3.8, 4) is 0 Å². The van der Waals surface area contributed by atoms with Crippen molar-refractivity contribution in [2.75, 3.05) is 50.7 Å². The van der Waals surface area contributed by atoms with Gasteiger partial charge in [0.05, 0.1) is 0 Å². The van der Waals surface area contributed by atoms with Gasteiger partial charge in [-0.3, -0.25) is 4.79 Å². The van der Waals surface area contributed by atoms with E-state index in [9.17, 15) is 4.79 Å². The fourth-order valence-electron chi connectivity index (χ4n) is 5.26. The van der Waals surface area contributed by atoms with E-state index in [4.69, 9.17) is 9.97 Å². The number of rotatable bonds is 5. The Kier molecular flexibility index (Phi) is 5.46. The van der Waals surface area contributed by atoms with Gasteiger partial charge in [-0.15, -0.1) is 0 Å². The number of nitrogens with zero attached hydrogens (tertiary/aromatic N) is 5. The lowest BCUT2D eigenvalue weighted by atomic mass is 9.92. The van der Waals surface area contributed by atoms with Crippen LogP contribution in [0.25, 0.3) is 0 Å². The number of piperidine rings is 1. The van der Waals surface area contributed by atoms with Gasteiger partial charge in [0.1, 0.15) is 11.6 Å². The summed E-state index contributed by atoms with van der Waals surface area (Å²) in [6.45, 7) is 9.24. The monoisotopic (exact) mass is 397 g/mol. The standard InChI is InChI=1S/C23H35N5O/c1-2-26-12-14-27(15-13-26)21(29)16-17-8-10-28(11-9-17)23-19-4-3-5-20(19)24-22(25-23)18-6-7-18/h17-18H,2-16H2,1H3. The zero-order valence-corrected chi connectivity index (χ0v) is 17.9. The number of likely N-dealkylation sites (N-methyl/N-ethyl adjacent to an activating group) is 1. The molecule has 0 aromatic carbocycles. The first-order valence-electron chi connectivity index (χ1n) is 11.9. The summed E-state index contributed by atoms with van der Waals surface area (Å²) >= 11 is 0. The fraction of sp³-hybridized carbons (Fsp3) is 0.783. The van der Waals surface area contributed by atoms with Gasteiger partial charge in [0.25, 0.3) is 0 Å². The van der Waals surface area contributed by atoms with Crippen LogP contribution in [-0.2, 0) is 17.6 Å². The van der Waals surface area contributed by atoms with E-state index >= 15 is 0 Å². The molecule has 0 bridgehead atoms. The molecule has 1 aromatic rings. The van der Waals surface area contributed by atoms with Crippen molar-refractivity contribution in [3.63, 3.8) is 0 Å². The molecule has 0 spiro atoms. The molecule has 3 fully saturated rings. The average molecular weight is 398 g/mol. The maximum absolute atomic E-state index is 12.8. The second-order valence-corrected chi connectivity index (χ2v) is 9.41. The number of carbonyl (C=O) groups excluding carboxylic acids is 1. The van der Waals surface area contributed by atoms with Crippen LogP contribution in [0.15, 0.2) is 0 Å². The third-order valence-corrected chi connectivity index (χ3v) is 7.42. The molecule has 29 heavy (non-hydrogen) atoms. The van der Waals surface area contributed by atoms with Gasteiger partial charge in [-0.25, -0.2) is 9.97 Å². The van der Waals surface area contributed by atoms with E-state index in [0.717, 1.165) is 83.7 Å². The molecule has 0 atom stereocenters. The van der Waals surface area contributed by atoms with Crippen LogP contribution in [0.3, 0.4) is 0 Å². The fourth-order valence-corrected chi connectivity index (χ4v) is 5.26. The van der Waals surface area contributed by atoms with Crippen LogP contribution < -0.4 is 4.90 Å². The smallest absolute Gasteiger partial charge is 0.222 e. The summed E-state index contributed by atoms with van der Waals surface area (Å²) in [6.07, 6.45) is 8.95. The first-order chi connectivity index (χ1) is 14.2. The minimum Gasteiger partial charge on any atom is -0.356 e. The van der Waals surface area contributed by atoms with Crippen LogP contribution in [0.2, 0.25) is 0 Å². The molecule has 1 aromatic heterocycles. The second-order valence-electron chi connectivity index (χ2n) is 9.41. The molecule has 6 heteroatoms. The molecule has 0 N–H and O–H groups in total. The maximum Gasteiger partial charge on any atom is 0.222 e. The quantitative estimate of drug-likeness (QED) is 0.764. The summed E-state index contributed by atoms with van der Waals surface area (Å²) in [5.74, 6) is 3.85. The molecule has 1 amide bonds. The predicted octanol–water partition coefficient (Wildman–Crippen LogP) is 2.61. The van der Waals surface area contributed by atoms with Crippen LogP contribution in [0.1, 0.15) is 68.4 Å².